The summed E-state index contributed by atoms with van der Waals surface area (Å²) in [6, 6.07) is 13.5. The third-order valence-corrected chi connectivity index (χ3v) is 3.29. The van der Waals surface area contributed by atoms with Crippen LogP contribution in [0.5, 0.6) is 0 Å². The number of H-pyrrole nitrogens is 1. The predicted octanol–water partition coefficient (Wildman–Crippen LogP) is 3.85. The first-order valence-corrected chi connectivity index (χ1v) is 6.50. The van der Waals surface area contributed by atoms with Gasteiger partial charge in [0.25, 0.3) is 5.56 Å². The van der Waals surface area contributed by atoms with Crippen LogP contribution in [-0.2, 0) is 6.18 Å². The summed E-state index contributed by atoms with van der Waals surface area (Å²) in [5.74, 6) is 0. The lowest BCUT2D eigenvalue weighted by atomic mass is 10.1. The minimum Gasteiger partial charge on any atom is -0.298 e. The standard InChI is InChI=1S/C16H11F3N2O/c17-16(18,19)12-6-4-5-11(9-12)14-10-20-21(15(14)22)13-7-2-1-3-8-13/h1-10,20H. The number of nitrogens with zero attached hydrogens (tertiary/aromatic N) is 1. The van der Waals surface area contributed by atoms with E-state index in [2.05, 4.69) is 5.10 Å². The number of halogens is 3. The summed E-state index contributed by atoms with van der Waals surface area (Å²) in [5, 5.41) is 2.77. The second kappa shape index (κ2) is 5.22. The van der Waals surface area contributed by atoms with Gasteiger partial charge in [0.05, 0.1) is 16.8 Å². The maximum absolute atomic E-state index is 12.8. The zero-order valence-electron chi connectivity index (χ0n) is 11.3. The Morgan fingerprint density at radius 2 is 1.68 bits per heavy atom. The van der Waals surface area contributed by atoms with Gasteiger partial charge >= 0.3 is 6.18 Å². The number of alkyl halides is 3. The first-order valence-electron chi connectivity index (χ1n) is 6.50. The van der Waals surface area contributed by atoms with Crippen LogP contribution in [0.2, 0.25) is 0 Å². The molecule has 1 aromatic heterocycles. The Kier molecular flexibility index (Phi) is 3.36. The molecule has 0 amide bonds. The lowest BCUT2D eigenvalue weighted by Crippen LogP contribution is -2.15. The highest BCUT2D eigenvalue weighted by Gasteiger charge is 2.30. The van der Waals surface area contributed by atoms with Crippen LogP contribution in [0, 0.1) is 0 Å². The quantitative estimate of drug-likeness (QED) is 0.767. The molecule has 0 saturated heterocycles. The molecule has 0 aliphatic carbocycles. The summed E-state index contributed by atoms with van der Waals surface area (Å²) in [5.41, 5.74) is -0.145. The number of hydrogen-bond donors (Lipinski definition) is 1. The van der Waals surface area contributed by atoms with E-state index in [4.69, 9.17) is 0 Å². The second-order valence-corrected chi connectivity index (χ2v) is 4.74. The van der Waals surface area contributed by atoms with Gasteiger partial charge in [-0.2, -0.15) is 13.2 Å². The van der Waals surface area contributed by atoms with Gasteiger partial charge < -0.3 is 0 Å². The van der Waals surface area contributed by atoms with Gasteiger partial charge in [-0.15, -0.1) is 0 Å². The van der Waals surface area contributed by atoms with Crippen molar-refractivity contribution in [3.63, 3.8) is 0 Å². The Morgan fingerprint density at radius 1 is 0.955 bits per heavy atom. The van der Waals surface area contributed by atoms with E-state index in [-0.39, 0.29) is 11.1 Å². The molecule has 1 heterocycles. The summed E-state index contributed by atoms with van der Waals surface area (Å²) in [7, 11) is 0. The van der Waals surface area contributed by atoms with Gasteiger partial charge in [0.2, 0.25) is 0 Å². The normalized spacial score (nSPS) is 11.6. The summed E-state index contributed by atoms with van der Waals surface area (Å²) in [4.78, 5) is 12.4. The molecule has 1 N–H and O–H groups in total. The number of benzene rings is 2. The van der Waals surface area contributed by atoms with E-state index in [9.17, 15) is 18.0 Å². The Hall–Kier alpha value is -2.76. The largest absolute Gasteiger partial charge is 0.416 e. The average Bonchev–Trinajstić information content (AvgIpc) is 2.89. The molecule has 3 nitrogen and oxygen atoms in total. The summed E-state index contributed by atoms with van der Waals surface area (Å²) >= 11 is 0. The van der Waals surface area contributed by atoms with Gasteiger partial charge in [0, 0.05) is 6.20 Å². The van der Waals surface area contributed by atoms with Crippen molar-refractivity contribution in [3.05, 3.63) is 76.7 Å². The highest BCUT2D eigenvalue weighted by Crippen LogP contribution is 2.31. The fourth-order valence-electron chi connectivity index (χ4n) is 2.21. The van der Waals surface area contributed by atoms with Gasteiger partial charge in [0.1, 0.15) is 0 Å². The van der Waals surface area contributed by atoms with Crippen molar-refractivity contribution in [2.75, 3.05) is 0 Å². The zero-order chi connectivity index (χ0) is 15.7. The van der Waals surface area contributed by atoms with E-state index in [1.54, 1.807) is 24.3 Å². The number of hydrogen-bond acceptors (Lipinski definition) is 1. The smallest absolute Gasteiger partial charge is 0.298 e. The SMILES string of the molecule is O=c1c(-c2cccc(C(F)(F)F)c2)c[nH]n1-c1ccccc1. The van der Waals surface area contributed by atoms with E-state index in [1.807, 2.05) is 6.07 Å². The van der Waals surface area contributed by atoms with Crippen LogP contribution in [0.25, 0.3) is 16.8 Å². The molecule has 0 saturated carbocycles. The van der Waals surface area contributed by atoms with Gasteiger partial charge in [-0.3, -0.25) is 9.89 Å². The number of aromatic amines is 1. The first-order chi connectivity index (χ1) is 10.5. The van der Waals surface area contributed by atoms with Gasteiger partial charge in [-0.1, -0.05) is 30.3 Å². The molecule has 0 radical (unpaired) electrons. The van der Waals surface area contributed by atoms with Crippen molar-refractivity contribution in [3.8, 4) is 16.8 Å². The molecule has 2 aromatic carbocycles. The molecule has 0 fully saturated rings. The lowest BCUT2D eigenvalue weighted by Gasteiger charge is -2.07. The van der Waals surface area contributed by atoms with E-state index < -0.39 is 17.3 Å². The third-order valence-electron chi connectivity index (χ3n) is 3.29. The minimum atomic E-state index is -4.44. The van der Waals surface area contributed by atoms with Crippen LogP contribution in [-0.4, -0.2) is 9.78 Å². The Balaban J connectivity index is 2.08. The lowest BCUT2D eigenvalue weighted by molar-refractivity contribution is -0.137. The molecule has 0 atom stereocenters. The van der Waals surface area contributed by atoms with Crippen molar-refractivity contribution in [1.82, 2.24) is 9.78 Å². The molecule has 0 unspecified atom stereocenters. The topological polar surface area (TPSA) is 37.8 Å². The van der Waals surface area contributed by atoms with Crippen LogP contribution in [0.3, 0.4) is 0 Å². The van der Waals surface area contributed by atoms with Crippen LogP contribution in [0.1, 0.15) is 5.56 Å². The first kappa shape index (κ1) is 14.2. The summed E-state index contributed by atoms with van der Waals surface area (Å²) in [6.45, 7) is 0. The van der Waals surface area contributed by atoms with Crippen molar-refractivity contribution in [1.29, 1.82) is 0 Å². The highest BCUT2D eigenvalue weighted by molar-refractivity contribution is 5.63. The summed E-state index contributed by atoms with van der Waals surface area (Å²) < 4.78 is 39.6. The Morgan fingerprint density at radius 3 is 2.36 bits per heavy atom. The van der Waals surface area contributed by atoms with Crippen LogP contribution >= 0.6 is 0 Å². The predicted molar refractivity (Wildman–Crippen MR) is 76.8 cm³/mol. The summed E-state index contributed by atoms with van der Waals surface area (Å²) in [6.07, 6.45) is -3.03. The Labute approximate surface area is 123 Å². The molecule has 0 aliphatic heterocycles. The monoisotopic (exact) mass is 304 g/mol. The Bertz CT molecular complexity index is 848. The molecule has 3 rings (SSSR count). The number of aromatic nitrogens is 2. The molecule has 0 spiro atoms. The van der Waals surface area contributed by atoms with Crippen LogP contribution in [0.15, 0.2) is 65.6 Å². The molecule has 0 bridgehead atoms. The maximum Gasteiger partial charge on any atom is 0.416 e. The molecule has 0 aliphatic rings. The molecule has 6 heteroatoms. The fourth-order valence-corrected chi connectivity index (χ4v) is 2.21. The second-order valence-electron chi connectivity index (χ2n) is 4.74. The van der Waals surface area contributed by atoms with Crippen molar-refractivity contribution in [2.24, 2.45) is 0 Å². The molecular formula is C16H11F3N2O. The van der Waals surface area contributed by atoms with Crippen molar-refractivity contribution in [2.45, 2.75) is 6.18 Å². The minimum absolute atomic E-state index is 0.190. The van der Waals surface area contributed by atoms with Crippen LogP contribution in [0.4, 0.5) is 13.2 Å². The number of nitrogens with one attached hydrogen (secondary N) is 1. The average molecular weight is 304 g/mol. The molecule has 3 aromatic rings. The molecule has 22 heavy (non-hydrogen) atoms. The van der Waals surface area contributed by atoms with Crippen molar-refractivity contribution >= 4 is 0 Å². The zero-order valence-corrected chi connectivity index (χ0v) is 11.3. The fraction of sp³-hybridized carbons (Fsp3) is 0.0625. The van der Waals surface area contributed by atoms with Gasteiger partial charge in [-0.25, -0.2) is 4.68 Å². The van der Waals surface area contributed by atoms with Gasteiger partial charge in [0.15, 0.2) is 0 Å². The van der Waals surface area contributed by atoms with Gasteiger partial charge in [-0.05, 0) is 29.8 Å². The third kappa shape index (κ3) is 2.55. The maximum atomic E-state index is 12.8. The molecular weight excluding hydrogens is 293 g/mol. The highest BCUT2D eigenvalue weighted by atomic mass is 19.4. The van der Waals surface area contributed by atoms with E-state index in [0.717, 1.165) is 12.1 Å². The number of rotatable bonds is 2. The van der Waals surface area contributed by atoms with E-state index >= 15 is 0 Å². The number of para-hydroxylation sites is 1. The van der Waals surface area contributed by atoms with E-state index in [1.165, 1.54) is 23.0 Å². The van der Waals surface area contributed by atoms with Crippen molar-refractivity contribution < 1.29 is 13.2 Å². The van der Waals surface area contributed by atoms with Crippen LogP contribution < -0.4 is 5.56 Å². The van der Waals surface area contributed by atoms with E-state index in [0.29, 0.717) is 5.69 Å². The molecule has 112 valence electrons.